The van der Waals surface area contributed by atoms with Crippen LogP contribution in [-0.2, 0) is 6.54 Å². The lowest BCUT2D eigenvalue weighted by Crippen LogP contribution is -2.44. The van der Waals surface area contributed by atoms with Gasteiger partial charge in [0.15, 0.2) is 17.5 Å². The van der Waals surface area contributed by atoms with Crippen molar-refractivity contribution < 1.29 is 9.47 Å². The summed E-state index contributed by atoms with van der Waals surface area (Å²) in [5.74, 6) is 1.75. The van der Waals surface area contributed by atoms with Crippen molar-refractivity contribution >= 4 is 45.9 Å². The second-order valence-electron chi connectivity index (χ2n) is 5.39. The first kappa shape index (κ1) is 20.3. The first-order valence-electron chi connectivity index (χ1n) is 6.25. The molecule has 0 atom stereocenters. The minimum Gasteiger partial charge on any atom is -0.493 e. The van der Waals surface area contributed by atoms with E-state index in [1.54, 1.807) is 14.2 Å². The van der Waals surface area contributed by atoms with Crippen LogP contribution in [0.3, 0.4) is 0 Å². The third-order valence-corrected chi connectivity index (χ3v) is 3.02. The van der Waals surface area contributed by atoms with E-state index in [0.717, 1.165) is 10.0 Å². The molecule has 0 saturated heterocycles. The number of ether oxygens (including phenoxy) is 2. The number of methoxy groups -OCH3 is 2. The highest BCUT2D eigenvalue weighted by Gasteiger charge is 2.12. The Bertz CT molecular complexity index is 502. The molecule has 120 valence electrons. The normalized spacial score (nSPS) is 11.6. The number of nitrogens with two attached hydrogens (primary N) is 1. The molecule has 0 aromatic heterocycles. The maximum atomic E-state index is 5.84. The summed E-state index contributed by atoms with van der Waals surface area (Å²) in [7, 11) is 3.21. The maximum Gasteiger partial charge on any atom is 0.189 e. The van der Waals surface area contributed by atoms with Gasteiger partial charge in [-0.25, -0.2) is 4.99 Å². The SMILES string of the molecule is COc1cc(CN=C(N)NC(C)(C)C)cc(Br)c1OC.I. The Kier molecular flexibility index (Phi) is 8.38. The van der Waals surface area contributed by atoms with Crippen molar-refractivity contribution in [2.75, 3.05) is 14.2 Å². The molecule has 0 amide bonds. The third-order valence-electron chi connectivity index (χ3n) is 2.43. The number of hydrogen-bond donors (Lipinski definition) is 2. The van der Waals surface area contributed by atoms with Crippen LogP contribution in [0.15, 0.2) is 21.6 Å². The number of halogens is 2. The lowest BCUT2D eigenvalue weighted by Gasteiger charge is -2.21. The zero-order valence-electron chi connectivity index (χ0n) is 13.0. The van der Waals surface area contributed by atoms with Crippen LogP contribution in [-0.4, -0.2) is 25.7 Å². The Balaban J connectivity index is 0.00000400. The van der Waals surface area contributed by atoms with Crippen LogP contribution < -0.4 is 20.5 Å². The summed E-state index contributed by atoms with van der Waals surface area (Å²) < 4.78 is 11.4. The van der Waals surface area contributed by atoms with E-state index in [1.807, 2.05) is 32.9 Å². The molecule has 5 nitrogen and oxygen atoms in total. The Morgan fingerprint density at radius 1 is 1.29 bits per heavy atom. The van der Waals surface area contributed by atoms with Crippen molar-refractivity contribution in [2.24, 2.45) is 10.7 Å². The molecule has 1 aromatic carbocycles. The fourth-order valence-corrected chi connectivity index (χ4v) is 2.31. The van der Waals surface area contributed by atoms with E-state index in [-0.39, 0.29) is 29.5 Å². The predicted molar refractivity (Wildman–Crippen MR) is 101 cm³/mol. The molecule has 0 unspecified atom stereocenters. The molecule has 0 spiro atoms. The average molecular weight is 472 g/mol. The van der Waals surface area contributed by atoms with Gasteiger partial charge in [0.25, 0.3) is 0 Å². The van der Waals surface area contributed by atoms with Crippen LogP contribution in [0.2, 0.25) is 0 Å². The van der Waals surface area contributed by atoms with E-state index in [9.17, 15) is 0 Å². The van der Waals surface area contributed by atoms with Gasteiger partial charge < -0.3 is 20.5 Å². The maximum absolute atomic E-state index is 5.84. The number of nitrogens with one attached hydrogen (secondary N) is 1. The van der Waals surface area contributed by atoms with Crippen molar-refractivity contribution in [3.05, 3.63) is 22.2 Å². The van der Waals surface area contributed by atoms with E-state index in [2.05, 4.69) is 26.2 Å². The van der Waals surface area contributed by atoms with Gasteiger partial charge in [-0.15, -0.1) is 24.0 Å². The monoisotopic (exact) mass is 471 g/mol. The zero-order chi connectivity index (χ0) is 15.3. The topological polar surface area (TPSA) is 68.9 Å². The van der Waals surface area contributed by atoms with Crippen LogP contribution in [0.5, 0.6) is 11.5 Å². The zero-order valence-corrected chi connectivity index (χ0v) is 16.9. The van der Waals surface area contributed by atoms with Crippen molar-refractivity contribution in [3.63, 3.8) is 0 Å². The van der Waals surface area contributed by atoms with Crippen LogP contribution in [0.4, 0.5) is 0 Å². The first-order chi connectivity index (χ1) is 9.26. The minimum atomic E-state index is -0.105. The van der Waals surface area contributed by atoms with Crippen LogP contribution in [0, 0.1) is 0 Å². The lowest BCUT2D eigenvalue weighted by atomic mass is 10.1. The Labute approximate surface area is 151 Å². The molecular weight excluding hydrogens is 449 g/mol. The van der Waals surface area contributed by atoms with Gasteiger partial charge in [-0.1, -0.05) is 0 Å². The molecule has 0 aliphatic heterocycles. The lowest BCUT2D eigenvalue weighted by molar-refractivity contribution is 0.352. The molecule has 0 aliphatic rings. The fraction of sp³-hybridized carbons (Fsp3) is 0.500. The smallest absolute Gasteiger partial charge is 0.189 e. The Hall–Kier alpha value is -0.700. The van der Waals surface area contributed by atoms with Gasteiger partial charge >= 0.3 is 0 Å². The quantitative estimate of drug-likeness (QED) is 0.401. The summed E-state index contributed by atoms with van der Waals surface area (Å²) in [4.78, 5) is 4.32. The number of benzene rings is 1. The van der Waals surface area contributed by atoms with E-state index in [1.165, 1.54) is 0 Å². The van der Waals surface area contributed by atoms with Crippen LogP contribution >= 0.6 is 39.9 Å². The molecule has 0 bridgehead atoms. The van der Waals surface area contributed by atoms with Crippen molar-refractivity contribution in [2.45, 2.75) is 32.9 Å². The molecule has 0 heterocycles. The van der Waals surface area contributed by atoms with Gasteiger partial charge in [-0.3, -0.25) is 0 Å². The predicted octanol–water partition coefficient (Wildman–Crippen LogP) is 3.29. The molecular formula is C14H23BrIN3O2. The number of guanidine groups is 1. The van der Waals surface area contributed by atoms with Crippen molar-refractivity contribution in [1.29, 1.82) is 0 Å². The third kappa shape index (κ3) is 6.73. The molecule has 7 heteroatoms. The molecule has 0 fully saturated rings. The number of hydrogen-bond acceptors (Lipinski definition) is 3. The molecule has 0 radical (unpaired) electrons. The molecule has 1 rings (SSSR count). The van der Waals surface area contributed by atoms with Gasteiger partial charge in [-0.05, 0) is 54.4 Å². The minimum absolute atomic E-state index is 0. The summed E-state index contributed by atoms with van der Waals surface area (Å²) in [5, 5.41) is 3.12. The molecule has 3 N–H and O–H groups in total. The highest BCUT2D eigenvalue weighted by molar-refractivity contribution is 14.0. The Morgan fingerprint density at radius 2 is 1.90 bits per heavy atom. The van der Waals surface area contributed by atoms with Crippen molar-refractivity contribution in [3.8, 4) is 11.5 Å². The molecule has 0 aliphatic carbocycles. The van der Waals surface area contributed by atoms with Crippen LogP contribution in [0.1, 0.15) is 26.3 Å². The fourth-order valence-electron chi connectivity index (χ4n) is 1.66. The standard InChI is InChI=1S/C14H22BrN3O2.HI/c1-14(2,3)18-13(16)17-8-9-6-10(15)12(20-5)11(7-9)19-4;/h6-7H,8H2,1-5H3,(H3,16,17,18);1H. The summed E-state index contributed by atoms with van der Waals surface area (Å²) in [6.07, 6.45) is 0. The van der Waals surface area contributed by atoms with Crippen LogP contribution in [0.25, 0.3) is 0 Å². The van der Waals surface area contributed by atoms with Crippen molar-refractivity contribution in [1.82, 2.24) is 5.32 Å². The number of aliphatic imine (C=N–C) groups is 1. The highest BCUT2D eigenvalue weighted by atomic mass is 127. The van der Waals surface area contributed by atoms with E-state index >= 15 is 0 Å². The van der Waals surface area contributed by atoms with Gasteiger partial charge in [0.1, 0.15) is 0 Å². The van der Waals surface area contributed by atoms with Gasteiger partial charge in [0.2, 0.25) is 0 Å². The summed E-state index contributed by atoms with van der Waals surface area (Å²) in [6, 6.07) is 3.83. The van der Waals surface area contributed by atoms with Gasteiger partial charge in [0.05, 0.1) is 25.2 Å². The second-order valence-corrected chi connectivity index (χ2v) is 6.24. The Morgan fingerprint density at radius 3 is 2.38 bits per heavy atom. The van der Waals surface area contributed by atoms with E-state index < -0.39 is 0 Å². The average Bonchev–Trinajstić information content (AvgIpc) is 2.33. The molecule has 0 saturated carbocycles. The number of rotatable bonds is 4. The van der Waals surface area contributed by atoms with Gasteiger partial charge in [-0.2, -0.15) is 0 Å². The van der Waals surface area contributed by atoms with E-state index in [4.69, 9.17) is 15.2 Å². The first-order valence-corrected chi connectivity index (χ1v) is 7.04. The molecule has 1 aromatic rings. The molecule has 21 heavy (non-hydrogen) atoms. The van der Waals surface area contributed by atoms with E-state index in [0.29, 0.717) is 24.0 Å². The number of nitrogens with zero attached hydrogens (tertiary/aromatic N) is 1. The summed E-state index contributed by atoms with van der Waals surface area (Å²) in [6.45, 7) is 6.56. The highest BCUT2D eigenvalue weighted by Crippen LogP contribution is 2.36. The summed E-state index contributed by atoms with van der Waals surface area (Å²) in [5.41, 5.74) is 6.72. The van der Waals surface area contributed by atoms with Gasteiger partial charge in [0, 0.05) is 5.54 Å². The summed E-state index contributed by atoms with van der Waals surface area (Å²) >= 11 is 3.45. The largest absolute Gasteiger partial charge is 0.493 e. The second kappa shape index (κ2) is 8.67.